The quantitative estimate of drug-likeness (QED) is 0.639. The zero-order valence-electron chi connectivity index (χ0n) is 16.8. The molecule has 1 saturated heterocycles. The Kier molecular flexibility index (Phi) is 6.36. The van der Waals surface area contributed by atoms with Crippen LogP contribution < -0.4 is 10.6 Å². The number of ether oxygens (including phenoxy) is 1. The topological polar surface area (TPSA) is 80.3 Å². The minimum atomic E-state index is -0.424. The molecule has 1 unspecified atom stereocenters. The third-order valence-electron chi connectivity index (χ3n) is 4.73. The Labute approximate surface area is 180 Å². The third kappa shape index (κ3) is 5.56. The highest BCUT2D eigenvalue weighted by Crippen LogP contribution is 2.18. The predicted molar refractivity (Wildman–Crippen MR) is 119 cm³/mol. The van der Waals surface area contributed by atoms with Gasteiger partial charge in [-0.15, -0.1) is 0 Å². The summed E-state index contributed by atoms with van der Waals surface area (Å²) in [6.07, 6.45) is 2.86. The molecule has 1 aliphatic heterocycles. The van der Waals surface area contributed by atoms with Gasteiger partial charge in [0.1, 0.15) is 11.8 Å². The van der Waals surface area contributed by atoms with E-state index in [1.165, 1.54) is 0 Å². The summed E-state index contributed by atoms with van der Waals surface area (Å²) < 4.78 is 5.40. The lowest BCUT2D eigenvalue weighted by Gasteiger charge is -2.11. The third-order valence-corrected chi connectivity index (χ3v) is 4.73. The number of carbonyl (C=O) groups is 2. The van der Waals surface area contributed by atoms with Gasteiger partial charge in [-0.2, -0.15) is 0 Å². The molecule has 1 atom stereocenters. The van der Waals surface area contributed by atoms with Crippen LogP contribution in [-0.4, -0.2) is 29.5 Å². The van der Waals surface area contributed by atoms with Crippen LogP contribution in [0.25, 0.3) is 0 Å². The summed E-state index contributed by atoms with van der Waals surface area (Å²) in [5.74, 6) is 5.59. The van der Waals surface area contributed by atoms with Crippen molar-refractivity contribution in [2.24, 2.45) is 0 Å². The molecule has 2 amide bonds. The second-order valence-electron chi connectivity index (χ2n) is 7.07. The molecule has 3 aromatic rings. The van der Waals surface area contributed by atoms with Gasteiger partial charge in [0.15, 0.2) is 0 Å². The van der Waals surface area contributed by atoms with E-state index in [1.807, 2.05) is 30.3 Å². The Hall–Kier alpha value is -3.95. The summed E-state index contributed by atoms with van der Waals surface area (Å²) in [5, 5.41) is 5.69. The maximum atomic E-state index is 12.7. The van der Waals surface area contributed by atoms with Gasteiger partial charge in [-0.05, 0) is 67.3 Å². The number of aromatic nitrogens is 1. The highest BCUT2D eigenvalue weighted by Gasteiger charge is 2.23. The second-order valence-corrected chi connectivity index (χ2v) is 7.07. The average molecular weight is 411 g/mol. The van der Waals surface area contributed by atoms with Crippen molar-refractivity contribution in [2.75, 3.05) is 17.2 Å². The van der Waals surface area contributed by atoms with E-state index in [-0.39, 0.29) is 11.8 Å². The highest BCUT2D eigenvalue weighted by molar-refractivity contribution is 6.05. The molecule has 154 valence electrons. The average Bonchev–Trinajstić information content (AvgIpc) is 3.34. The van der Waals surface area contributed by atoms with Crippen LogP contribution in [0, 0.1) is 11.8 Å². The van der Waals surface area contributed by atoms with Crippen molar-refractivity contribution >= 4 is 23.2 Å². The predicted octanol–water partition coefficient (Wildman–Crippen LogP) is 3.85. The van der Waals surface area contributed by atoms with Crippen molar-refractivity contribution < 1.29 is 14.3 Å². The zero-order valence-corrected chi connectivity index (χ0v) is 16.8. The van der Waals surface area contributed by atoms with Crippen molar-refractivity contribution in [3.63, 3.8) is 0 Å². The van der Waals surface area contributed by atoms with Crippen molar-refractivity contribution in [1.82, 2.24) is 4.98 Å². The van der Waals surface area contributed by atoms with Gasteiger partial charge < -0.3 is 15.4 Å². The molecule has 6 heteroatoms. The summed E-state index contributed by atoms with van der Waals surface area (Å²) >= 11 is 0. The Balaban J connectivity index is 1.42. The monoisotopic (exact) mass is 411 g/mol. The van der Waals surface area contributed by atoms with Crippen LogP contribution in [0.1, 0.15) is 34.5 Å². The largest absolute Gasteiger partial charge is 0.368 e. The number of hydrogen-bond acceptors (Lipinski definition) is 4. The van der Waals surface area contributed by atoms with Crippen LogP contribution in [-0.2, 0) is 9.53 Å². The first-order valence-electron chi connectivity index (χ1n) is 10.0. The zero-order chi connectivity index (χ0) is 21.5. The van der Waals surface area contributed by atoms with Crippen LogP contribution in [0.5, 0.6) is 0 Å². The van der Waals surface area contributed by atoms with Gasteiger partial charge >= 0.3 is 0 Å². The number of rotatable bonds is 4. The standard InChI is InChI=1S/C25H21N3O3/c29-24(19-7-4-10-22(17-19)28-25(30)23-11-5-15-31-23)27-21-9-3-6-18(16-21)12-13-20-8-1-2-14-26-20/h1-4,6-10,14,16-17,23H,5,11,15H2,(H,27,29)(H,28,30). The molecule has 0 spiro atoms. The van der Waals surface area contributed by atoms with Gasteiger partial charge in [-0.25, -0.2) is 4.98 Å². The lowest BCUT2D eigenvalue weighted by atomic mass is 10.1. The number of nitrogens with zero attached hydrogens (tertiary/aromatic N) is 1. The summed E-state index contributed by atoms with van der Waals surface area (Å²) in [6, 6.07) is 19.7. The fourth-order valence-corrected chi connectivity index (χ4v) is 3.20. The summed E-state index contributed by atoms with van der Waals surface area (Å²) in [5.41, 5.74) is 3.07. The molecule has 1 aromatic heterocycles. The molecule has 4 rings (SSSR count). The van der Waals surface area contributed by atoms with Crippen LogP contribution in [0.4, 0.5) is 11.4 Å². The van der Waals surface area contributed by atoms with Gasteiger partial charge in [-0.1, -0.05) is 24.1 Å². The van der Waals surface area contributed by atoms with E-state index in [2.05, 4.69) is 27.5 Å². The molecule has 2 heterocycles. The van der Waals surface area contributed by atoms with Crippen molar-refractivity contribution in [1.29, 1.82) is 0 Å². The van der Waals surface area contributed by atoms with E-state index < -0.39 is 6.10 Å². The minimum absolute atomic E-state index is 0.186. The van der Waals surface area contributed by atoms with Crippen LogP contribution in [0.2, 0.25) is 0 Å². The van der Waals surface area contributed by atoms with E-state index in [4.69, 9.17) is 4.74 Å². The van der Waals surface area contributed by atoms with Gasteiger partial charge in [0.25, 0.3) is 11.8 Å². The van der Waals surface area contributed by atoms with E-state index in [0.29, 0.717) is 35.7 Å². The Morgan fingerprint density at radius 3 is 2.55 bits per heavy atom. The molecule has 0 bridgehead atoms. The molecule has 0 aliphatic carbocycles. The van der Waals surface area contributed by atoms with Crippen LogP contribution >= 0.6 is 0 Å². The molecule has 2 aromatic carbocycles. The van der Waals surface area contributed by atoms with Crippen molar-refractivity contribution in [3.8, 4) is 11.8 Å². The van der Waals surface area contributed by atoms with Gasteiger partial charge in [0.05, 0.1) is 0 Å². The molecular weight excluding hydrogens is 390 g/mol. The van der Waals surface area contributed by atoms with Crippen molar-refractivity contribution in [2.45, 2.75) is 18.9 Å². The molecule has 31 heavy (non-hydrogen) atoms. The first kappa shape index (κ1) is 20.3. The first-order valence-corrected chi connectivity index (χ1v) is 10.0. The number of hydrogen-bond donors (Lipinski definition) is 2. The molecule has 1 fully saturated rings. The Bertz CT molecular complexity index is 1140. The number of nitrogens with one attached hydrogen (secondary N) is 2. The van der Waals surface area contributed by atoms with Crippen LogP contribution in [0.3, 0.4) is 0 Å². The smallest absolute Gasteiger partial charge is 0.255 e. The van der Waals surface area contributed by atoms with E-state index in [9.17, 15) is 9.59 Å². The van der Waals surface area contributed by atoms with Gasteiger partial charge in [0, 0.05) is 35.3 Å². The second kappa shape index (κ2) is 9.70. The molecule has 0 radical (unpaired) electrons. The molecular formula is C25H21N3O3. The highest BCUT2D eigenvalue weighted by atomic mass is 16.5. The van der Waals surface area contributed by atoms with Crippen molar-refractivity contribution in [3.05, 3.63) is 89.7 Å². The normalized spacial score (nSPS) is 14.9. The lowest BCUT2D eigenvalue weighted by molar-refractivity contribution is -0.124. The maximum Gasteiger partial charge on any atom is 0.255 e. The van der Waals surface area contributed by atoms with E-state index >= 15 is 0 Å². The first-order chi connectivity index (χ1) is 15.2. The Morgan fingerprint density at radius 1 is 0.935 bits per heavy atom. The summed E-state index contributed by atoms with van der Waals surface area (Å²) in [7, 11) is 0. The molecule has 6 nitrogen and oxygen atoms in total. The Morgan fingerprint density at radius 2 is 1.77 bits per heavy atom. The molecule has 1 aliphatic rings. The van der Waals surface area contributed by atoms with Gasteiger partial charge in [0.2, 0.25) is 0 Å². The SMILES string of the molecule is O=C(Nc1cccc(C#Cc2ccccn2)c1)c1cccc(NC(=O)C2CCCO2)c1. The lowest BCUT2D eigenvalue weighted by Crippen LogP contribution is -2.27. The van der Waals surface area contributed by atoms with E-state index in [0.717, 1.165) is 12.0 Å². The number of pyridine rings is 1. The van der Waals surface area contributed by atoms with E-state index in [1.54, 1.807) is 42.6 Å². The fraction of sp³-hybridized carbons (Fsp3) is 0.160. The number of carbonyl (C=O) groups excluding carboxylic acids is 2. The van der Waals surface area contributed by atoms with Crippen LogP contribution in [0.15, 0.2) is 72.9 Å². The number of benzene rings is 2. The summed E-state index contributed by atoms with van der Waals surface area (Å²) in [4.78, 5) is 29.1. The summed E-state index contributed by atoms with van der Waals surface area (Å²) in [6.45, 7) is 0.603. The van der Waals surface area contributed by atoms with Gasteiger partial charge in [-0.3, -0.25) is 9.59 Å². The fourth-order valence-electron chi connectivity index (χ4n) is 3.20. The molecule has 2 N–H and O–H groups in total. The molecule has 0 saturated carbocycles. The number of amides is 2. The number of anilines is 2. The minimum Gasteiger partial charge on any atom is -0.368 e. The maximum absolute atomic E-state index is 12.7.